The van der Waals surface area contributed by atoms with Crippen LogP contribution in [0.1, 0.15) is 23.0 Å². The number of benzene rings is 1. The Morgan fingerprint density at radius 2 is 2.11 bits per heavy atom. The number of rotatable bonds is 4. The minimum atomic E-state index is -0.169. The Morgan fingerprint density at radius 3 is 2.72 bits per heavy atom. The summed E-state index contributed by atoms with van der Waals surface area (Å²) in [5.74, 6) is -0.169. The van der Waals surface area contributed by atoms with Gasteiger partial charge in [-0.3, -0.25) is 9.48 Å². The molecule has 1 amide bonds. The first-order valence-corrected chi connectivity index (χ1v) is 6.55. The lowest BCUT2D eigenvalue weighted by Crippen LogP contribution is -2.23. The zero-order valence-electron chi connectivity index (χ0n) is 10.1. The number of aryl methyl sites for hydroxylation is 1. The Labute approximate surface area is 114 Å². The number of hydrogen-bond acceptors (Lipinski definition) is 2. The van der Waals surface area contributed by atoms with Gasteiger partial charge in [0.15, 0.2) is 5.69 Å². The van der Waals surface area contributed by atoms with Crippen molar-refractivity contribution in [3.8, 4) is 0 Å². The summed E-state index contributed by atoms with van der Waals surface area (Å²) < 4.78 is 2.44. The predicted molar refractivity (Wildman–Crippen MR) is 73.2 cm³/mol. The molecule has 1 heterocycles. The fourth-order valence-electron chi connectivity index (χ4n) is 1.57. The number of carbonyl (C=O) groups is 1. The van der Waals surface area contributed by atoms with Crippen LogP contribution in [0.15, 0.2) is 41.0 Å². The highest BCUT2D eigenvalue weighted by atomic mass is 79.9. The second kappa shape index (κ2) is 5.82. The van der Waals surface area contributed by atoms with Gasteiger partial charge in [-0.05, 0) is 28.4 Å². The molecule has 94 valence electrons. The van der Waals surface area contributed by atoms with Gasteiger partial charge in [0.25, 0.3) is 5.91 Å². The standard InChI is InChI=1S/C13H14BrN3O/c1-2-17-9-11(14)12(16-17)13(18)15-8-10-6-4-3-5-7-10/h3-7,9H,2,8H2,1H3,(H,15,18). The highest BCUT2D eigenvalue weighted by Gasteiger charge is 2.14. The number of nitrogens with zero attached hydrogens (tertiary/aromatic N) is 2. The summed E-state index contributed by atoms with van der Waals surface area (Å²) in [5, 5.41) is 7.05. The summed E-state index contributed by atoms with van der Waals surface area (Å²) in [6.45, 7) is 3.22. The quantitative estimate of drug-likeness (QED) is 0.944. The highest BCUT2D eigenvalue weighted by Crippen LogP contribution is 2.14. The van der Waals surface area contributed by atoms with E-state index in [4.69, 9.17) is 0 Å². The molecular formula is C13H14BrN3O. The molecule has 4 nitrogen and oxygen atoms in total. The van der Waals surface area contributed by atoms with E-state index in [0.717, 1.165) is 16.6 Å². The topological polar surface area (TPSA) is 46.9 Å². The maximum atomic E-state index is 12.0. The van der Waals surface area contributed by atoms with Crippen molar-refractivity contribution in [3.05, 3.63) is 52.3 Å². The van der Waals surface area contributed by atoms with E-state index in [1.165, 1.54) is 0 Å². The summed E-state index contributed by atoms with van der Waals surface area (Å²) in [7, 11) is 0. The molecule has 0 spiro atoms. The zero-order chi connectivity index (χ0) is 13.0. The molecule has 0 fully saturated rings. The summed E-state index contributed by atoms with van der Waals surface area (Å²) in [4.78, 5) is 12.0. The molecular weight excluding hydrogens is 294 g/mol. The van der Waals surface area contributed by atoms with Crippen LogP contribution in [-0.2, 0) is 13.1 Å². The third-order valence-electron chi connectivity index (χ3n) is 2.55. The fourth-order valence-corrected chi connectivity index (χ4v) is 2.07. The summed E-state index contributed by atoms with van der Waals surface area (Å²) in [6.07, 6.45) is 1.80. The minimum absolute atomic E-state index is 0.169. The number of nitrogens with one attached hydrogen (secondary N) is 1. The first-order valence-electron chi connectivity index (χ1n) is 5.75. The molecule has 1 N–H and O–H groups in total. The number of halogens is 1. The molecule has 0 bridgehead atoms. The summed E-state index contributed by atoms with van der Waals surface area (Å²) >= 11 is 3.34. The molecule has 2 rings (SSSR count). The van der Waals surface area contributed by atoms with Gasteiger partial charge in [0.05, 0.1) is 4.47 Å². The SMILES string of the molecule is CCn1cc(Br)c(C(=O)NCc2ccccc2)n1. The Hall–Kier alpha value is -1.62. The monoisotopic (exact) mass is 307 g/mol. The van der Waals surface area contributed by atoms with Crippen LogP contribution in [0.4, 0.5) is 0 Å². The Kier molecular flexibility index (Phi) is 4.15. The normalized spacial score (nSPS) is 10.3. The molecule has 1 aromatic carbocycles. The van der Waals surface area contributed by atoms with Gasteiger partial charge in [-0.1, -0.05) is 30.3 Å². The van der Waals surface area contributed by atoms with Gasteiger partial charge in [0.1, 0.15) is 0 Å². The molecule has 0 unspecified atom stereocenters. The van der Waals surface area contributed by atoms with E-state index in [0.29, 0.717) is 12.2 Å². The number of aromatic nitrogens is 2. The molecule has 1 aromatic heterocycles. The van der Waals surface area contributed by atoms with Gasteiger partial charge >= 0.3 is 0 Å². The van der Waals surface area contributed by atoms with Gasteiger partial charge in [-0.2, -0.15) is 5.10 Å². The summed E-state index contributed by atoms with van der Waals surface area (Å²) in [6, 6.07) is 9.79. The van der Waals surface area contributed by atoms with Crippen molar-refractivity contribution in [2.24, 2.45) is 0 Å². The van der Waals surface area contributed by atoms with E-state index in [1.807, 2.05) is 37.3 Å². The number of hydrogen-bond donors (Lipinski definition) is 1. The fraction of sp³-hybridized carbons (Fsp3) is 0.231. The van der Waals surface area contributed by atoms with Crippen LogP contribution < -0.4 is 5.32 Å². The predicted octanol–water partition coefficient (Wildman–Crippen LogP) is 2.60. The van der Waals surface area contributed by atoms with Gasteiger partial charge in [-0.15, -0.1) is 0 Å². The maximum Gasteiger partial charge on any atom is 0.273 e. The van der Waals surface area contributed by atoms with E-state index in [2.05, 4.69) is 26.3 Å². The van der Waals surface area contributed by atoms with Crippen molar-refractivity contribution in [1.29, 1.82) is 0 Å². The van der Waals surface area contributed by atoms with Crippen LogP contribution in [0.2, 0.25) is 0 Å². The van der Waals surface area contributed by atoms with Crippen LogP contribution in [0.25, 0.3) is 0 Å². The smallest absolute Gasteiger partial charge is 0.273 e. The van der Waals surface area contributed by atoms with Crippen molar-refractivity contribution in [2.75, 3.05) is 0 Å². The van der Waals surface area contributed by atoms with Crippen molar-refractivity contribution in [3.63, 3.8) is 0 Å². The summed E-state index contributed by atoms with van der Waals surface area (Å²) in [5.41, 5.74) is 1.49. The van der Waals surface area contributed by atoms with E-state index in [9.17, 15) is 4.79 Å². The molecule has 18 heavy (non-hydrogen) atoms. The van der Waals surface area contributed by atoms with Crippen molar-refractivity contribution < 1.29 is 4.79 Å². The third kappa shape index (κ3) is 2.98. The van der Waals surface area contributed by atoms with Crippen LogP contribution in [0.5, 0.6) is 0 Å². The van der Waals surface area contributed by atoms with E-state index in [-0.39, 0.29) is 5.91 Å². The molecule has 0 saturated carbocycles. The van der Waals surface area contributed by atoms with Crippen LogP contribution in [0, 0.1) is 0 Å². The van der Waals surface area contributed by atoms with Crippen LogP contribution >= 0.6 is 15.9 Å². The van der Waals surface area contributed by atoms with Crippen molar-refractivity contribution in [1.82, 2.24) is 15.1 Å². The average Bonchev–Trinajstić information content (AvgIpc) is 2.78. The van der Waals surface area contributed by atoms with Crippen molar-refractivity contribution >= 4 is 21.8 Å². The van der Waals surface area contributed by atoms with E-state index in [1.54, 1.807) is 10.9 Å². The Morgan fingerprint density at radius 1 is 1.39 bits per heavy atom. The Bertz CT molecular complexity index is 536. The second-order valence-electron chi connectivity index (χ2n) is 3.85. The lowest BCUT2D eigenvalue weighted by atomic mass is 10.2. The zero-order valence-corrected chi connectivity index (χ0v) is 11.6. The largest absolute Gasteiger partial charge is 0.347 e. The number of amides is 1. The molecule has 5 heteroatoms. The van der Waals surface area contributed by atoms with E-state index < -0.39 is 0 Å². The molecule has 0 radical (unpaired) electrons. The first kappa shape index (κ1) is 12.8. The van der Waals surface area contributed by atoms with Crippen molar-refractivity contribution in [2.45, 2.75) is 20.0 Å². The molecule has 0 aliphatic heterocycles. The van der Waals surface area contributed by atoms with Gasteiger partial charge < -0.3 is 5.32 Å². The Balaban J connectivity index is 2.01. The molecule has 0 aliphatic carbocycles. The minimum Gasteiger partial charge on any atom is -0.347 e. The van der Waals surface area contributed by atoms with Gasteiger partial charge in [0.2, 0.25) is 0 Å². The highest BCUT2D eigenvalue weighted by molar-refractivity contribution is 9.10. The lowest BCUT2D eigenvalue weighted by molar-refractivity contribution is 0.0944. The number of carbonyl (C=O) groups excluding carboxylic acids is 1. The maximum absolute atomic E-state index is 12.0. The van der Waals surface area contributed by atoms with E-state index >= 15 is 0 Å². The average molecular weight is 308 g/mol. The molecule has 0 saturated heterocycles. The lowest BCUT2D eigenvalue weighted by Gasteiger charge is -2.03. The van der Waals surface area contributed by atoms with Gasteiger partial charge in [-0.25, -0.2) is 0 Å². The molecule has 0 aliphatic rings. The first-order chi connectivity index (χ1) is 8.70. The molecule has 0 atom stereocenters. The van der Waals surface area contributed by atoms with Crippen LogP contribution in [-0.4, -0.2) is 15.7 Å². The van der Waals surface area contributed by atoms with Gasteiger partial charge in [0, 0.05) is 19.3 Å². The van der Waals surface area contributed by atoms with Crippen LogP contribution in [0.3, 0.4) is 0 Å². The third-order valence-corrected chi connectivity index (χ3v) is 3.13. The molecule has 2 aromatic rings. The second-order valence-corrected chi connectivity index (χ2v) is 4.70.